The fraction of sp³-hybridized carbons (Fsp3) is 0.174. The van der Waals surface area contributed by atoms with Crippen molar-refractivity contribution in [2.75, 3.05) is 16.2 Å². The van der Waals surface area contributed by atoms with E-state index in [1.54, 1.807) is 12.1 Å². The third-order valence-corrected chi connectivity index (χ3v) is 6.82. The van der Waals surface area contributed by atoms with Crippen LogP contribution < -0.4 is 9.62 Å². The number of nitrogens with one attached hydrogen (secondary N) is 1. The molecule has 0 bridgehead atoms. The molecule has 0 saturated carbocycles. The van der Waals surface area contributed by atoms with Gasteiger partial charge in [0.25, 0.3) is 15.9 Å². The molecular formula is C23H22N2O3S. The van der Waals surface area contributed by atoms with Crippen LogP contribution in [0.5, 0.6) is 0 Å². The van der Waals surface area contributed by atoms with E-state index >= 15 is 0 Å². The minimum atomic E-state index is -3.74. The number of benzene rings is 3. The Morgan fingerprint density at radius 2 is 1.66 bits per heavy atom. The van der Waals surface area contributed by atoms with Crippen molar-refractivity contribution in [2.45, 2.75) is 25.2 Å². The van der Waals surface area contributed by atoms with E-state index in [2.05, 4.69) is 5.32 Å². The molecule has 1 heterocycles. The molecule has 0 radical (unpaired) electrons. The van der Waals surface area contributed by atoms with Gasteiger partial charge in [0.2, 0.25) is 0 Å². The second-order valence-electron chi connectivity index (χ2n) is 7.31. The van der Waals surface area contributed by atoms with Crippen molar-refractivity contribution >= 4 is 27.3 Å². The van der Waals surface area contributed by atoms with Gasteiger partial charge in [0, 0.05) is 17.8 Å². The molecule has 4 rings (SSSR count). The molecule has 1 aliphatic heterocycles. The number of anilines is 2. The molecule has 0 atom stereocenters. The largest absolute Gasteiger partial charge is 0.322 e. The summed E-state index contributed by atoms with van der Waals surface area (Å²) >= 11 is 0. The lowest BCUT2D eigenvalue weighted by Gasteiger charge is -2.20. The molecular weight excluding hydrogens is 384 g/mol. The second-order valence-corrected chi connectivity index (χ2v) is 9.18. The minimum Gasteiger partial charge on any atom is -0.322 e. The van der Waals surface area contributed by atoms with Gasteiger partial charge in [-0.05, 0) is 73.4 Å². The molecule has 1 aliphatic rings. The molecule has 0 aromatic heterocycles. The lowest BCUT2D eigenvalue weighted by Crippen LogP contribution is -2.29. The minimum absolute atomic E-state index is 0.113. The lowest BCUT2D eigenvalue weighted by atomic mass is 10.1. The predicted molar refractivity (Wildman–Crippen MR) is 115 cm³/mol. The summed E-state index contributed by atoms with van der Waals surface area (Å²) in [5, 5.41) is 2.86. The summed E-state index contributed by atoms with van der Waals surface area (Å²) in [5.74, 6) is -0.339. The fourth-order valence-corrected chi connectivity index (χ4v) is 5.28. The molecule has 0 spiro atoms. The molecule has 1 amide bonds. The zero-order chi connectivity index (χ0) is 20.6. The standard InChI is InChI=1S/C23H22N2O3S/c1-16-12-17(2)14-20(13-16)24-23(26)19-7-5-8-21(15-19)29(27,28)25-11-10-18-6-3-4-9-22(18)25/h3-9,12-15H,10-11H2,1-2H3,(H,24,26). The highest BCUT2D eigenvalue weighted by Crippen LogP contribution is 2.32. The molecule has 0 fully saturated rings. The summed E-state index contributed by atoms with van der Waals surface area (Å²) in [5.41, 5.74) is 4.80. The Morgan fingerprint density at radius 3 is 2.41 bits per heavy atom. The van der Waals surface area contributed by atoms with Gasteiger partial charge in [0.05, 0.1) is 10.6 Å². The fourth-order valence-electron chi connectivity index (χ4n) is 3.73. The average molecular weight is 407 g/mol. The Morgan fingerprint density at radius 1 is 0.931 bits per heavy atom. The molecule has 6 heteroatoms. The van der Waals surface area contributed by atoms with Crippen LogP contribution in [-0.2, 0) is 16.4 Å². The van der Waals surface area contributed by atoms with Crippen LogP contribution in [0.4, 0.5) is 11.4 Å². The van der Waals surface area contributed by atoms with Crippen LogP contribution in [0.1, 0.15) is 27.0 Å². The first-order valence-corrected chi connectivity index (χ1v) is 10.9. The normalized spacial score (nSPS) is 13.2. The van der Waals surface area contributed by atoms with Gasteiger partial charge in [-0.1, -0.05) is 30.3 Å². The van der Waals surface area contributed by atoms with Crippen molar-refractivity contribution in [1.82, 2.24) is 0 Å². The Labute approximate surface area is 171 Å². The molecule has 3 aromatic rings. The molecule has 0 unspecified atom stereocenters. The molecule has 1 N–H and O–H groups in total. The summed E-state index contributed by atoms with van der Waals surface area (Å²) in [4.78, 5) is 12.8. The molecule has 0 saturated heterocycles. The Bertz CT molecular complexity index is 1180. The molecule has 3 aromatic carbocycles. The van der Waals surface area contributed by atoms with Crippen molar-refractivity contribution < 1.29 is 13.2 Å². The summed E-state index contributed by atoms with van der Waals surface area (Å²) in [7, 11) is -3.74. The second kappa shape index (κ2) is 7.37. The van der Waals surface area contributed by atoms with Crippen LogP contribution in [0, 0.1) is 13.8 Å². The van der Waals surface area contributed by atoms with E-state index in [-0.39, 0.29) is 10.8 Å². The number of rotatable bonds is 4. The van der Waals surface area contributed by atoms with Gasteiger partial charge < -0.3 is 5.32 Å². The van der Waals surface area contributed by atoms with Gasteiger partial charge in [-0.3, -0.25) is 9.10 Å². The first kappa shape index (κ1) is 19.2. The number of nitrogens with zero attached hydrogens (tertiary/aromatic N) is 1. The van der Waals surface area contributed by atoms with Crippen molar-refractivity contribution in [3.8, 4) is 0 Å². The number of hydrogen-bond acceptors (Lipinski definition) is 3. The maximum Gasteiger partial charge on any atom is 0.264 e. The highest BCUT2D eigenvalue weighted by Gasteiger charge is 2.30. The van der Waals surface area contributed by atoms with Crippen LogP contribution in [-0.4, -0.2) is 20.9 Å². The SMILES string of the molecule is Cc1cc(C)cc(NC(=O)c2cccc(S(=O)(=O)N3CCc4ccccc43)c2)c1. The van der Waals surface area contributed by atoms with Crippen molar-refractivity contribution in [3.63, 3.8) is 0 Å². The number of para-hydroxylation sites is 1. The van der Waals surface area contributed by atoms with E-state index in [1.807, 2.05) is 56.3 Å². The van der Waals surface area contributed by atoms with Gasteiger partial charge in [0.15, 0.2) is 0 Å². The predicted octanol–water partition coefficient (Wildman–Crippen LogP) is 4.31. The monoisotopic (exact) mass is 406 g/mol. The zero-order valence-electron chi connectivity index (χ0n) is 16.3. The molecule has 5 nitrogen and oxygen atoms in total. The first-order chi connectivity index (χ1) is 13.8. The number of carbonyl (C=O) groups excluding carboxylic acids is 1. The number of sulfonamides is 1. The average Bonchev–Trinajstić information content (AvgIpc) is 3.12. The Kier molecular flexibility index (Phi) is 4.88. The van der Waals surface area contributed by atoms with Crippen molar-refractivity contribution in [3.05, 3.63) is 89.0 Å². The number of fused-ring (bicyclic) bond motifs is 1. The first-order valence-electron chi connectivity index (χ1n) is 9.45. The Balaban J connectivity index is 1.62. The smallest absolute Gasteiger partial charge is 0.264 e. The summed E-state index contributed by atoms with van der Waals surface area (Å²) in [6.45, 7) is 4.33. The van der Waals surface area contributed by atoms with Gasteiger partial charge in [-0.2, -0.15) is 0 Å². The Hall–Kier alpha value is -3.12. The van der Waals surface area contributed by atoms with E-state index < -0.39 is 10.0 Å². The van der Waals surface area contributed by atoms with E-state index in [0.717, 1.165) is 16.7 Å². The molecule has 29 heavy (non-hydrogen) atoms. The summed E-state index contributed by atoms with van der Waals surface area (Å²) in [6.07, 6.45) is 0.683. The van der Waals surface area contributed by atoms with E-state index in [4.69, 9.17) is 0 Å². The van der Waals surface area contributed by atoms with Crippen LogP contribution in [0.2, 0.25) is 0 Å². The van der Waals surface area contributed by atoms with Crippen LogP contribution >= 0.6 is 0 Å². The van der Waals surface area contributed by atoms with Gasteiger partial charge in [-0.25, -0.2) is 8.42 Å². The van der Waals surface area contributed by atoms with Crippen LogP contribution in [0.3, 0.4) is 0 Å². The van der Waals surface area contributed by atoms with Crippen molar-refractivity contribution in [2.24, 2.45) is 0 Å². The van der Waals surface area contributed by atoms with E-state index in [1.165, 1.54) is 16.4 Å². The number of amides is 1. The topological polar surface area (TPSA) is 66.5 Å². The van der Waals surface area contributed by atoms with E-state index in [0.29, 0.717) is 29.9 Å². The lowest BCUT2D eigenvalue weighted by molar-refractivity contribution is 0.102. The van der Waals surface area contributed by atoms with Gasteiger partial charge >= 0.3 is 0 Å². The number of carbonyl (C=O) groups is 1. The number of aryl methyl sites for hydroxylation is 2. The number of hydrogen-bond donors (Lipinski definition) is 1. The third kappa shape index (κ3) is 3.76. The molecule has 148 valence electrons. The highest BCUT2D eigenvalue weighted by atomic mass is 32.2. The van der Waals surface area contributed by atoms with Crippen molar-refractivity contribution in [1.29, 1.82) is 0 Å². The van der Waals surface area contributed by atoms with Gasteiger partial charge in [0.1, 0.15) is 0 Å². The summed E-state index contributed by atoms with van der Waals surface area (Å²) in [6, 6.07) is 19.5. The van der Waals surface area contributed by atoms with E-state index in [9.17, 15) is 13.2 Å². The van der Waals surface area contributed by atoms with Gasteiger partial charge in [-0.15, -0.1) is 0 Å². The van der Waals surface area contributed by atoms with Crippen LogP contribution in [0.15, 0.2) is 71.6 Å². The molecule has 0 aliphatic carbocycles. The quantitative estimate of drug-likeness (QED) is 0.702. The maximum absolute atomic E-state index is 13.2. The van der Waals surface area contributed by atoms with Crippen LogP contribution in [0.25, 0.3) is 0 Å². The summed E-state index contributed by atoms with van der Waals surface area (Å²) < 4.78 is 27.8. The third-order valence-electron chi connectivity index (χ3n) is 5.01. The highest BCUT2D eigenvalue weighted by molar-refractivity contribution is 7.92. The zero-order valence-corrected chi connectivity index (χ0v) is 17.2. The maximum atomic E-state index is 13.2.